The zero-order valence-electron chi connectivity index (χ0n) is 13.0. The van der Waals surface area contributed by atoms with E-state index >= 15 is 0 Å². The summed E-state index contributed by atoms with van der Waals surface area (Å²) in [6.45, 7) is 12.5. The van der Waals surface area contributed by atoms with Gasteiger partial charge in [-0.3, -0.25) is 0 Å². The van der Waals surface area contributed by atoms with Gasteiger partial charge in [-0.15, -0.1) is 11.3 Å². The fourth-order valence-corrected chi connectivity index (χ4v) is 4.37. The van der Waals surface area contributed by atoms with Crippen LogP contribution in [0.3, 0.4) is 0 Å². The van der Waals surface area contributed by atoms with E-state index in [2.05, 4.69) is 45.3 Å². The molecule has 2 rings (SSSR count). The van der Waals surface area contributed by atoms with Crippen LogP contribution in [0.2, 0.25) is 0 Å². The van der Waals surface area contributed by atoms with Gasteiger partial charge in [0.25, 0.3) is 0 Å². The standard InChI is InChI=1S/C16H28N2S/c1-6-10-17-16(9-7-8-12(16)2)14-18-13(11-19-14)15(3,4)5/h11-12,17H,6-10H2,1-5H3. The summed E-state index contributed by atoms with van der Waals surface area (Å²) in [5.74, 6) is 0.693. The van der Waals surface area contributed by atoms with Gasteiger partial charge >= 0.3 is 0 Å². The number of hydrogen-bond acceptors (Lipinski definition) is 3. The molecule has 1 aliphatic carbocycles. The first-order valence-corrected chi connectivity index (χ1v) is 8.49. The van der Waals surface area contributed by atoms with E-state index in [0.717, 1.165) is 6.54 Å². The molecule has 2 nitrogen and oxygen atoms in total. The minimum atomic E-state index is 0.143. The van der Waals surface area contributed by atoms with Crippen molar-refractivity contribution < 1.29 is 0 Å². The Morgan fingerprint density at radius 2 is 2.21 bits per heavy atom. The summed E-state index contributed by atoms with van der Waals surface area (Å²) in [5.41, 5.74) is 1.54. The first kappa shape index (κ1) is 15.0. The van der Waals surface area contributed by atoms with Crippen molar-refractivity contribution in [2.24, 2.45) is 5.92 Å². The average Bonchev–Trinajstić information content (AvgIpc) is 2.93. The van der Waals surface area contributed by atoms with E-state index in [1.54, 1.807) is 0 Å². The van der Waals surface area contributed by atoms with Crippen LogP contribution in [0.1, 0.15) is 71.0 Å². The lowest BCUT2D eigenvalue weighted by atomic mass is 9.88. The molecule has 3 heteroatoms. The maximum atomic E-state index is 5.00. The fourth-order valence-electron chi connectivity index (χ4n) is 3.01. The van der Waals surface area contributed by atoms with Gasteiger partial charge in [0.2, 0.25) is 0 Å². The van der Waals surface area contributed by atoms with Crippen LogP contribution in [0.15, 0.2) is 5.38 Å². The summed E-state index contributed by atoms with van der Waals surface area (Å²) < 4.78 is 0. The SMILES string of the molecule is CCCNC1(c2nc(C(C)(C)C)cs2)CCCC1C. The van der Waals surface area contributed by atoms with Crippen molar-refractivity contribution in [2.45, 2.75) is 71.3 Å². The first-order valence-electron chi connectivity index (χ1n) is 7.61. The molecule has 1 aliphatic rings. The topological polar surface area (TPSA) is 24.9 Å². The van der Waals surface area contributed by atoms with Gasteiger partial charge in [-0.25, -0.2) is 4.98 Å². The van der Waals surface area contributed by atoms with Crippen LogP contribution < -0.4 is 5.32 Å². The van der Waals surface area contributed by atoms with Gasteiger partial charge < -0.3 is 5.32 Å². The van der Waals surface area contributed by atoms with E-state index in [0.29, 0.717) is 5.92 Å². The van der Waals surface area contributed by atoms with Gasteiger partial charge in [0.1, 0.15) is 5.01 Å². The molecule has 1 aromatic heterocycles. The van der Waals surface area contributed by atoms with Crippen LogP contribution in [0, 0.1) is 5.92 Å². The maximum absolute atomic E-state index is 5.00. The predicted molar refractivity (Wildman–Crippen MR) is 83.8 cm³/mol. The maximum Gasteiger partial charge on any atom is 0.113 e. The molecule has 1 heterocycles. The molecule has 0 spiro atoms. The Balaban J connectivity index is 2.31. The van der Waals surface area contributed by atoms with Gasteiger partial charge in [-0.1, -0.05) is 41.0 Å². The highest BCUT2D eigenvalue weighted by Crippen LogP contribution is 2.45. The van der Waals surface area contributed by atoms with Crippen LogP contribution in [-0.2, 0) is 11.0 Å². The third-order valence-electron chi connectivity index (χ3n) is 4.39. The Morgan fingerprint density at radius 1 is 1.47 bits per heavy atom. The number of nitrogens with one attached hydrogen (secondary N) is 1. The third kappa shape index (κ3) is 2.87. The molecule has 1 aromatic rings. The fraction of sp³-hybridized carbons (Fsp3) is 0.812. The number of rotatable bonds is 4. The van der Waals surface area contributed by atoms with E-state index in [9.17, 15) is 0 Å². The van der Waals surface area contributed by atoms with E-state index in [4.69, 9.17) is 4.98 Å². The molecule has 0 aliphatic heterocycles. The Hall–Kier alpha value is -0.410. The third-order valence-corrected chi connectivity index (χ3v) is 5.41. The van der Waals surface area contributed by atoms with Crippen LogP contribution in [0.5, 0.6) is 0 Å². The molecule has 108 valence electrons. The zero-order valence-corrected chi connectivity index (χ0v) is 13.9. The molecular weight excluding hydrogens is 252 g/mol. The summed E-state index contributed by atoms with van der Waals surface area (Å²) >= 11 is 1.85. The molecule has 0 radical (unpaired) electrons. The van der Waals surface area contributed by atoms with Crippen molar-refractivity contribution in [3.8, 4) is 0 Å². The molecule has 1 N–H and O–H groups in total. The molecular formula is C16H28N2S. The Bertz CT molecular complexity index is 419. The lowest BCUT2D eigenvalue weighted by molar-refractivity contribution is 0.261. The minimum Gasteiger partial charge on any atom is -0.305 e. The van der Waals surface area contributed by atoms with E-state index in [1.807, 2.05) is 11.3 Å². The molecule has 2 unspecified atom stereocenters. The van der Waals surface area contributed by atoms with E-state index in [-0.39, 0.29) is 11.0 Å². The van der Waals surface area contributed by atoms with Crippen LogP contribution in [0.4, 0.5) is 0 Å². The summed E-state index contributed by atoms with van der Waals surface area (Å²) in [5, 5.41) is 7.40. The van der Waals surface area contributed by atoms with Crippen molar-refractivity contribution in [2.75, 3.05) is 6.54 Å². The largest absolute Gasteiger partial charge is 0.305 e. The van der Waals surface area contributed by atoms with E-state index < -0.39 is 0 Å². The predicted octanol–water partition coefficient (Wildman–Crippen LogP) is 4.46. The monoisotopic (exact) mass is 280 g/mol. The molecule has 0 bridgehead atoms. The second kappa shape index (κ2) is 5.53. The lowest BCUT2D eigenvalue weighted by Gasteiger charge is -2.33. The molecule has 0 amide bonds. The molecule has 19 heavy (non-hydrogen) atoms. The molecule has 2 atom stereocenters. The quantitative estimate of drug-likeness (QED) is 0.881. The highest BCUT2D eigenvalue weighted by atomic mass is 32.1. The first-order chi connectivity index (χ1) is 8.90. The Kier molecular flexibility index (Phi) is 4.36. The van der Waals surface area contributed by atoms with E-state index in [1.165, 1.54) is 36.4 Å². The molecule has 0 saturated heterocycles. The minimum absolute atomic E-state index is 0.143. The number of aromatic nitrogens is 1. The van der Waals surface area contributed by atoms with Crippen molar-refractivity contribution in [3.63, 3.8) is 0 Å². The van der Waals surface area contributed by atoms with Crippen molar-refractivity contribution in [3.05, 3.63) is 16.1 Å². The van der Waals surface area contributed by atoms with Crippen molar-refractivity contribution >= 4 is 11.3 Å². The highest BCUT2D eigenvalue weighted by Gasteiger charge is 2.43. The summed E-state index contributed by atoms with van der Waals surface area (Å²) in [6.07, 6.45) is 5.07. The van der Waals surface area contributed by atoms with Gasteiger partial charge in [-0.05, 0) is 31.7 Å². The van der Waals surface area contributed by atoms with Gasteiger partial charge in [-0.2, -0.15) is 0 Å². The normalized spacial score (nSPS) is 27.9. The lowest BCUT2D eigenvalue weighted by Crippen LogP contribution is -2.45. The second-order valence-electron chi connectivity index (χ2n) is 6.98. The average molecular weight is 280 g/mol. The number of thiazole rings is 1. The Morgan fingerprint density at radius 3 is 2.68 bits per heavy atom. The van der Waals surface area contributed by atoms with Crippen LogP contribution >= 0.6 is 11.3 Å². The van der Waals surface area contributed by atoms with Gasteiger partial charge in [0.05, 0.1) is 11.2 Å². The zero-order chi connectivity index (χ0) is 14.1. The smallest absolute Gasteiger partial charge is 0.113 e. The van der Waals surface area contributed by atoms with Crippen LogP contribution in [0.25, 0.3) is 0 Å². The number of hydrogen-bond donors (Lipinski definition) is 1. The molecule has 1 saturated carbocycles. The van der Waals surface area contributed by atoms with Gasteiger partial charge in [0, 0.05) is 10.8 Å². The van der Waals surface area contributed by atoms with Crippen LogP contribution in [-0.4, -0.2) is 11.5 Å². The summed E-state index contributed by atoms with van der Waals surface area (Å²) in [7, 11) is 0. The van der Waals surface area contributed by atoms with Crippen molar-refractivity contribution in [1.82, 2.24) is 10.3 Å². The highest BCUT2D eigenvalue weighted by molar-refractivity contribution is 7.09. The molecule has 0 aromatic carbocycles. The summed E-state index contributed by atoms with van der Waals surface area (Å²) in [6, 6.07) is 0. The second-order valence-corrected chi connectivity index (χ2v) is 7.84. The van der Waals surface area contributed by atoms with Crippen molar-refractivity contribution in [1.29, 1.82) is 0 Å². The summed E-state index contributed by atoms with van der Waals surface area (Å²) in [4.78, 5) is 5.00. The van der Waals surface area contributed by atoms with Gasteiger partial charge in [0.15, 0.2) is 0 Å². The Labute approximate surface area is 122 Å². The molecule has 1 fully saturated rings. The number of nitrogens with zero attached hydrogens (tertiary/aromatic N) is 1.